The highest BCUT2D eigenvalue weighted by Gasteiger charge is 2.15. The average molecular weight is 344 g/mol. The summed E-state index contributed by atoms with van der Waals surface area (Å²) >= 11 is 0. The van der Waals surface area contributed by atoms with Crippen LogP contribution in [0.4, 0.5) is 16.3 Å². The quantitative estimate of drug-likeness (QED) is 0.616. The van der Waals surface area contributed by atoms with Crippen molar-refractivity contribution in [2.45, 2.75) is 5.92 Å². The first-order valence-electron chi connectivity index (χ1n) is 7.91. The number of aromatic nitrogens is 2. The summed E-state index contributed by atoms with van der Waals surface area (Å²) in [6, 6.07) is 20.2. The molecule has 0 fully saturated rings. The van der Waals surface area contributed by atoms with Gasteiger partial charge in [-0.3, -0.25) is 10.4 Å². The maximum atomic E-state index is 11.9. The van der Waals surface area contributed by atoms with Gasteiger partial charge in [-0.1, -0.05) is 48.5 Å². The van der Waals surface area contributed by atoms with Gasteiger partial charge >= 0.3 is 6.03 Å². The lowest BCUT2D eigenvalue weighted by molar-refractivity contribution is 0.254. The van der Waals surface area contributed by atoms with Crippen molar-refractivity contribution in [3.05, 3.63) is 84.3 Å². The molecule has 0 aliphatic heterocycles. The molecule has 1 unspecified atom stereocenters. The maximum Gasteiger partial charge on any atom is 0.337 e. The van der Waals surface area contributed by atoms with Gasteiger partial charge in [-0.2, -0.15) is 5.26 Å². The predicted molar refractivity (Wildman–Crippen MR) is 98.1 cm³/mol. The summed E-state index contributed by atoms with van der Waals surface area (Å²) in [6.45, 7) is 0. The van der Waals surface area contributed by atoms with Gasteiger partial charge in [0.05, 0.1) is 24.2 Å². The summed E-state index contributed by atoms with van der Waals surface area (Å²) in [5.74, 6) is -0.203. The number of carbonyl (C=O) groups excluding carboxylic acids is 1. The molecule has 3 rings (SSSR count). The average Bonchev–Trinajstić information content (AvgIpc) is 2.69. The molecule has 26 heavy (non-hydrogen) atoms. The Hall–Kier alpha value is -3.92. The number of hydrogen-bond acceptors (Lipinski definition) is 5. The van der Waals surface area contributed by atoms with Crippen molar-refractivity contribution in [1.82, 2.24) is 15.4 Å². The third-order valence-electron chi connectivity index (χ3n) is 3.55. The number of amides is 2. The monoisotopic (exact) mass is 344 g/mol. The highest BCUT2D eigenvalue weighted by atomic mass is 16.2. The zero-order valence-electron chi connectivity index (χ0n) is 13.8. The van der Waals surface area contributed by atoms with Crippen LogP contribution in [0.1, 0.15) is 17.2 Å². The number of anilines is 2. The molecule has 128 valence electrons. The van der Waals surface area contributed by atoms with Crippen LogP contribution >= 0.6 is 0 Å². The van der Waals surface area contributed by atoms with Crippen LogP contribution in [-0.2, 0) is 0 Å². The topological polar surface area (TPSA) is 103 Å². The van der Waals surface area contributed by atoms with Crippen LogP contribution in [0.15, 0.2) is 73.1 Å². The molecule has 7 heteroatoms. The van der Waals surface area contributed by atoms with Gasteiger partial charge in [-0.05, 0) is 17.7 Å². The van der Waals surface area contributed by atoms with Crippen molar-refractivity contribution in [2.75, 3.05) is 10.7 Å². The first-order valence-corrected chi connectivity index (χ1v) is 7.91. The van der Waals surface area contributed by atoms with Crippen molar-refractivity contribution < 1.29 is 4.79 Å². The molecule has 0 saturated carbocycles. The standard InChI is InChI=1S/C19H16N6O/c20-11-16(14-7-3-1-4-8-14)17-12-21-13-18(23-17)24-25-19(26)22-15-9-5-2-6-10-15/h1-10,12-13,16H,(H,23,24)(H2,22,25,26). The van der Waals surface area contributed by atoms with Crippen LogP contribution in [-0.4, -0.2) is 16.0 Å². The second kappa shape index (κ2) is 8.26. The minimum absolute atomic E-state index is 0.335. The lowest BCUT2D eigenvalue weighted by atomic mass is 9.98. The first kappa shape index (κ1) is 16.9. The number of carbonyl (C=O) groups is 1. The summed E-state index contributed by atoms with van der Waals surface area (Å²) in [5, 5.41) is 12.2. The number of benzene rings is 2. The largest absolute Gasteiger partial charge is 0.337 e. The van der Waals surface area contributed by atoms with E-state index >= 15 is 0 Å². The summed E-state index contributed by atoms with van der Waals surface area (Å²) in [7, 11) is 0. The van der Waals surface area contributed by atoms with Gasteiger partial charge in [0, 0.05) is 5.69 Å². The number of para-hydroxylation sites is 1. The van der Waals surface area contributed by atoms with Gasteiger partial charge in [0.1, 0.15) is 5.92 Å². The fourth-order valence-electron chi connectivity index (χ4n) is 2.34. The molecule has 7 nitrogen and oxygen atoms in total. The normalized spacial score (nSPS) is 11.0. The van der Waals surface area contributed by atoms with Crippen LogP contribution in [0, 0.1) is 11.3 Å². The van der Waals surface area contributed by atoms with E-state index in [1.165, 1.54) is 12.4 Å². The zero-order valence-corrected chi connectivity index (χ0v) is 13.8. The SMILES string of the molecule is N#CC(c1ccccc1)c1cncc(NNC(=O)Nc2ccccc2)n1. The Bertz CT molecular complexity index is 908. The number of nitrogens with zero attached hydrogens (tertiary/aromatic N) is 3. The number of nitriles is 1. The molecule has 1 heterocycles. The molecule has 3 N–H and O–H groups in total. The Morgan fingerprint density at radius 2 is 1.69 bits per heavy atom. The molecule has 0 spiro atoms. The smallest absolute Gasteiger partial charge is 0.307 e. The lowest BCUT2D eigenvalue weighted by Gasteiger charge is -2.12. The van der Waals surface area contributed by atoms with E-state index in [0.29, 0.717) is 17.2 Å². The number of hydrogen-bond donors (Lipinski definition) is 3. The number of hydrazine groups is 1. The molecule has 2 aromatic carbocycles. The Balaban J connectivity index is 1.66. The molecule has 2 amide bonds. The van der Waals surface area contributed by atoms with Crippen LogP contribution in [0.5, 0.6) is 0 Å². The first-order chi connectivity index (χ1) is 12.8. The fraction of sp³-hybridized carbons (Fsp3) is 0.0526. The third kappa shape index (κ3) is 4.33. The predicted octanol–water partition coefficient (Wildman–Crippen LogP) is 3.28. The summed E-state index contributed by atoms with van der Waals surface area (Å²) < 4.78 is 0. The van der Waals surface area contributed by atoms with E-state index in [1.54, 1.807) is 12.1 Å². The van der Waals surface area contributed by atoms with E-state index in [1.807, 2.05) is 48.5 Å². The fourth-order valence-corrected chi connectivity index (χ4v) is 2.34. The van der Waals surface area contributed by atoms with Gasteiger partial charge < -0.3 is 5.32 Å². The molecular weight excluding hydrogens is 328 g/mol. The van der Waals surface area contributed by atoms with Crippen molar-refractivity contribution in [3.8, 4) is 6.07 Å². The molecule has 1 atom stereocenters. The van der Waals surface area contributed by atoms with Crippen molar-refractivity contribution in [1.29, 1.82) is 5.26 Å². The second-order valence-corrected chi connectivity index (χ2v) is 5.37. The highest BCUT2D eigenvalue weighted by molar-refractivity contribution is 5.89. The second-order valence-electron chi connectivity index (χ2n) is 5.37. The lowest BCUT2D eigenvalue weighted by Crippen LogP contribution is -2.34. The van der Waals surface area contributed by atoms with Crippen LogP contribution < -0.4 is 16.2 Å². The maximum absolute atomic E-state index is 11.9. The van der Waals surface area contributed by atoms with Gasteiger partial charge in [-0.25, -0.2) is 15.2 Å². The summed E-state index contributed by atoms with van der Waals surface area (Å²) in [5.41, 5.74) is 7.17. The Labute approximate surface area is 150 Å². The van der Waals surface area contributed by atoms with Gasteiger partial charge in [0.25, 0.3) is 0 Å². The Kier molecular flexibility index (Phi) is 5.38. The van der Waals surface area contributed by atoms with E-state index in [4.69, 9.17) is 0 Å². The highest BCUT2D eigenvalue weighted by Crippen LogP contribution is 2.22. The molecule has 0 bridgehead atoms. The molecule has 0 aliphatic carbocycles. The molecule has 3 aromatic rings. The summed E-state index contributed by atoms with van der Waals surface area (Å²) in [6.07, 6.45) is 3.00. The minimum Gasteiger partial charge on any atom is -0.307 e. The van der Waals surface area contributed by atoms with Crippen LogP contribution in [0.25, 0.3) is 0 Å². The van der Waals surface area contributed by atoms with Gasteiger partial charge in [0.2, 0.25) is 0 Å². The molecule has 0 aliphatic rings. The van der Waals surface area contributed by atoms with Gasteiger partial charge in [-0.15, -0.1) is 0 Å². The minimum atomic E-state index is -0.538. The van der Waals surface area contributed by atoms with Crippen LogP contribution in [0.2, 0.25) is 0 Å². The van der Waals surface area contributed by atoms with E-state index in [2.05, 4.69) is 32.2 Å². The van der Waals surface area contributed by atoms with Crippen molar-refractivity contribution >= 4 is 17.5 Å². The Morgan fingerprint density at radius 1 is 1.00 bits per heavy atom. The van der Waals surface area contributed by atoms with E-state index < -0.39 is 11.9 Å². The van der Waals surface area contributed by atoms with E-state index in [9.17, 15) is 10.1 Å². The zero-order chi connectivity index (χ0) is 18.2. The summed E-state index contributed by atoms with van der Waals surface area (Å²) in [4.78, 5) is 20.4. The number of nitrogens with one attached hydrogen (secondary N) is 3. The molecule has 0 radical (unpaired) electrons. The Morgan fingerprint density at radius 3 is 2.38 bits per heavy atom. The van der Waals surface area contributed by atoms with Crippen molar-refractivity contribution in [3.63, 3.8) is 0 Å². The number of urea groups is 1. The third-order valence-corrected chi connectivity index (χ3v) is 3.55. The van der Waals surface area contributed by atoms with E-state index in [0.717, 1.165) is 5.56 Å². The molecular formula is C19H16N6O. The molecule has 1 aromatic heterocycles. The van der Waals surface area contributed by atoms with E-state index in [-0.39, 0.29) is 0 Å². The number of rotatable bonds is 5. The molecule has 0 saturated heterocycles. The van der Waals surface area contributed by atoms with Crippen molar-refractivity contribution in [2.24, 2.45) is 0 Å². The van der Waals surface area contributed by atoms with Crippen LogP contribution in [0.3, 0.4) is 0 Å². The van der Waals surface area contributed by atoms with Gasteiger partial charge in [0.15, 0.2) is 5.82 Å².